The molecule has 1 N–H and O–H groups in total. The molecule has 2 rings (SSSR count). The summed E-state index contributed by atoms with van der Waals surface area (Å²) in [5, 5.41) is 14.0. The summed E-state index contributed by atoms with van der Waals surface area (Å²) in [6, 6.07) is 15.6. The molecule has 0 aliphatic rings. The predicted molar refractivity (Wildman–Crippen MR) is 81.2 cm³/mol. The smallest absolute Gasteiger partial charge is 0.271 e. The van der Waals surface area contributed by atoms with Crippen LogP contribution in [0.1, 0.15) is 24.9 Å². The number of rotatable bonds is 6. The third-order valence-electron chi connectivity index (χ3n) is 3.09. The summed E-state index contributed by atoms with van der Waals surface area (Å²) < 4.78 is 0. The van der Waals surface area contributed by atoms with Crippen LogP contribution in [0.4, 0.5) is 11.4 Å². The normalized spacial score (nSPS) is 11.7. The highest BCUT2D eigenvalue weighted by Gasteiger charge is 2.15. The van der Waals surface area contributed by atoms with E-state index in [2.05, 4.69) is 5.32 Å². The first-order valence-corrected chi connectivity index (χ1v) is 6.61. The van der Waals surface area contributed by atoms with Gasteiger partial charge in [0.2, 0.25) is 0 Å². The van der Waals surface area contributed by atoms with E-state index in [0.29, 0.717) is 12.1 Å². The van der Waals surface area contributed by atoms with E-state index < -0.39 is 4.92 Å². The summed E-state index contributed by atoms with van der Waals surface area (Å²) in [7, 11) is 0. The fourth-order valence-electron chi connectivity index (χ4n) is 2.14. The molecule has 0 heterocycles. The number of carbonyl (C=O) groups excluding carboxylic acids is 1. The summed E-state index contributed by atoms with van der Waals surface area (Å²) >= 11 is 0. The number of nitro benzene ring substituents is 1. The van der Waals surface area contributed by atoms with Crippen molar-refractivity contribution < 1.29 is 9.72 Å². The van der Waals surface area contributed by atoms with Gasteiger partial charge in [-0.3, -0.25) is 14.9 Å². The highest BCUT2D eigenvalue weighted by molar-refractivity contribution is 5.77. The summed E-state index contributed by atoms with van der Waals surface area (Å²) in [5.41, 5.74) is 1.62. The van der Waals surface area contributed by atoms with Gasteiger partial charge in [-0.25, -0.2) is 0 Å². The van der Waals surface area contributed by atoms with Crippen LogP contribution in [0.15, 0.2) is 54.6 Å². The van der Waals surface area contributed by atoms with Gasteiger partial charge in [-0.2, -0.15) is 0 Å². The summed E-state index contributed by atoms with van der Waals surface area (Å²) in [6.45, 7) is 1.53. The molecule has 1 unspecified atom stereocenters. The molecule has 0 aliphatic carbocycles. The standard InChI is InChI=1S/C16H16N2O3/c1-12(19)10-16(13-6-3-2-4-7-13)17-14-8-5-9-15(11-14)18(20)21/h2-9,11,16-17H,10H2,1H3. The zero-order valence-electron chi connectivity index (χ0n) is 11.7. The molecule has 21 heavy (non-hydrogen) atoms. The Morgan fingerprint density at radius 3 is 2.52 bits per heavy atom. The molecule has 0 aliphatic heterocycles. The van der Waals surface area contributed by atoms with Gasteiger partial charge in [-0.05, 0) is 18.6 Å². The molecule has 5 heteroatoms. The largest absolute Gasteiger partial charge is 0.378 e. The van der Waals surface area contributed by atoms with Crippen molar-refractivity contribution in [3.63, 3.8) is 0 Å². The minimum Gasteiger partial charge on any atom is -0.378 e. The molecular formula is C16H16N2O3. The lowest BCUT2D eigenvalue weighted by Crippen LogP contribution is -2.14. The van der Waals surface area contributed by atoms with Gasteiger partial charge in [0, 0.05) is 24.2 Å². The number of hydrogen-bond acceptors (Lipinski definition) is 4. The van der Waals surface area contributed by atoms with Crippen LogP contribution in [0.5, 0.6) is 0 Å². The lowest BCUT2D eigenvalue weighted by Gasteiger charge is -2.19. The van der Waals surface area contributed by atoms with Crippen molar-refractivity contribution in [2.45, 2.75) is 19.4 Å². The Balaban J connectivity index is 2.25. The Bertz CT molecular complexity index is 641. The second-order valence-corrected chi connectivity index (χ2v) is 4.82. The number of nitrogens with one attached hydrogen (secondary N) is 1. The van der Waals surface area contributed by atoms with E-state index in [1.807, 2.05) is 30.3 Å². The zero-order valence-corrected chi connectivity index (χ0v) is 11.7. The van der Waals surface area contributed by atoms with Crippen LogP contribution in [0.2, 0.25) is 0 Å². The Hall–Kier alpha value is -2.69. The molecule has 0 bridgehead atoms. The number of carbonyl (C=O) groups is 1. The van der Waals surface area contributed by atoms with Gasteiger partial charge < -0.3 is 5.32 Å². The first-order chi connectivity index (χ1) is 10.1. The predicted octanol–water partition coefficient (Wildman–Crippen LogP) is 3.73. The average molecular weight is 284 g/mol. The van der Waals surface area contributed by atoms with Gasteiger partial charge in [0.05, 0.1) is 11.0 Å². The third kappa shape index (κ3) is 4.14. The second kappa shape index (κ2) is 6.65. The Morgan fingerprint density at radius 1 is 1.19 bits per heavy atom. The fourth-order valence-corrected chi connectivity index (χ4v) is 2.14. The van der Waals surface area contributed by atoms with E-state index in [0.717, 1.165) is 5.56 Å². The molecule has 0 spiro atoms. The Labute approximate surface area is 122 Å². The zero-order chi connectivity index (χ0) is 15.2. The van der Waals surface area contributed by atoms with E-state index in [-0.39, 0.29) is 17.5 Å². The molecule has 2 aromatic carbocycles. The fraction of sp³-hybridized carbons (Fsp3) is 0.188. The van der Waals surface area contributed by atoms with Crippen LogP contribution in [0, 0.1) is 10.1 Å². The quantitative estimate of drug-likeness (QED) is 0.648. The van der Waals surface area contributed by atoms with E-state index in [4.69, 9.17) is 0 Å². The van der Waals surface area contributed by atoms with Gasteiger partial charge in [0.25, 0.3) is 5.69 Å². The van der Waals surface area contributed by atoms with E-state index in [9.17, 15) is 14.9 Å². The van der Waals surface area contributed by atoms with Gasteiger partial charge >= 0.3 is 0 Å². The second-order valence-electron chi connectivity index (χ2n) is 4.82. The monoisotopic (exact) mass is 284 g/mol. The maximum absolute atomic E-state index is 11.4. The van der Waals surface area contributed by atoms with Crippen molar-refractivity contribution in [2.75, 3.05) is 5.32 Å². The van der Waals surface area contributed by atoms with Crippen molar-refractivity contribution in [3.05, 3.63) is 70.3 Å². The minimum absolute atomic E-state index is 0.0228. The average Bonchev–Trinajstić information content (AvgIpc) is 2.47. The van der Waals surface area contributed by atoms with Gasteiger partial charge in [0.15, 0.2) is 0 Å². The van der Waals surface area contributed by atoms with Crippen LogP contribution in [0.25, 0.3) is 0 Å². The van der Waals surface area contributed by atoms with Crippen LogP contribution >= 0.6 is 0 Å². The van der Waals surface area contributed by atoms with Crippen molar-refractivity contribution in [1.29, 1.82) is 0 Å². The van der Waals surface area contributed by atoms with Crippen LogP contribution < -0.4 is 5.32 Å². The lowest BCUT2D eigenvalue weighted by molar-refractivity contribution is -0.384. The minimum atomic E-state index is -0.437. The number of anilines is 1. The molecular weight excluding hydrogens is 268 g/mol. The van der Waals surface area contributed by atoms with Crippen LogP contribution in [0.3, 0.4) is 0 Å². The number of nitro groups is 1. The topological polar surface area (TPSA) is 72.2 Å². The maximum atomic E-state index is 11.4. The van der Waals surface area contributed by atoms with E-state index in [1.165, 1.54) is 19.1 Å². The van der Waals surface area contributed by atoms with E-state index >= 15 is 0 Å². The molecule has 0 radical (unpaired) electrons. The molecule has 0 saturated heterocycles. The van der Waals surface area contributed by atoms with Gasteiger partial charge in [-0.15, -0.1) is 0 Å². The van der Waals surface area contributed by atoms with Crippen molar-refractivity contribution >= 4 is 17.2 Å². The van der Waals surface area contributed by atoms with Crippen LogP contribution in [-0.4, -0.2) is 10.7 Å². The molecule has 2 aromatic rings. The Morgan fingerprint density at radius 2 is 1.90 bits per heavy atom. The van der Waals surface area contributed by atoms with Crippen LogP contribution in [-0.2, 0) is 4.79 Å². The number of non-ortho nitro benzene ring substituents is 1. The van der Waals surface area contributed by atoms with E-state index in [1.54, 1.807) is 12.1 Å². The summed E-state index contributed by atoms with van der Waals surface area (Å²) in [4.78, 5) is 21.8. The number of Topliss-reactive ketones (excluding diaryl/α,β-unsaturated/α-hetero) is 1. The molecule has 108 valence electrons. The van der Waals surface area contributed by atoms with Gasteiger partial charge in [-0.1, -0.05) is 36.4 Å². The molecule has 1 atom stereocenters. The molecule has 0 aromatic heterocycles. The first kappa shape index (κ1) is 14.7. The summed E-state index contributed by atoms with van der Waals surface area (Å²) in [6.07, 6.45) is 0.326. The molecule has 5 nitrogen and oxygen atoms in total. The van der Waals surface area contributed by atoms with Crippen molar-refractivity contribution in [2.24, 2.45) is 0 Å². The molecule has 0 amide bonds. The molecule has 0 fully saturated rings. The number of ketones is 1. The number of nitrogens with zero attached hydrogens (tertiary/aromatic N) is 1. The van der Waals surface area contributed by atoms with Crippen molar-refractivity contribution in [3.8, 4) is 0 Å². The van der Waals surface area contributed by atoms with Crippen molar-refractivity contribution in [1.82, 2.24) is 0 Å². The maximum Gasteiger partial charge on any atom is 0.271 e. The number of hydrogen-bond donors (Lipinski definition) is 1. The SMILES string of the molecule is CC(=O)CC(Nc1cccc([N+](=O)[O-])c1)c1ccccc1. The highest BCUT2D eigenvalue weighted by Crippen LogP contribution is 2.25. The summed E-state index contributed by atoms with van der Waals surface area (Å²) in [5.74, 6) is 0.0572. The third-order valence-corrected chi connectivity index (χ3v) is 3.09. The number of benzene rings is 2. The Kier molecular flexibility index (Phi) is 4.66. The first-order valence-electron chi connectivity index (χ1n) is 6.61. The van der Waals surface area contributed by atoms with Gasteiger partial charge in [0.1, 0.15) is 5.78 Å². The molecule has 0 saturated carbocycles. The lowest BCUT2D eigenvalue weighted by atomic mass is 10.0. The highest BCUT2D eigenvalue weighted by atomic mass is 16.6.